The lowest BCUT2D eigenvalue weighted by Gasteiger charge is -2.20. The zero-order valence-electron chi connectivity index (χ0n) is 8.47. The van der Waals surface area contributed by atoms with E-state index in [4.69, 9.17) is 10.5 Å². The van der Waals surface area contributed by atoms with Gasteiger partial charge in [-0.2, -0.15) is 0 Å². The third-order valence-electron chi connectivity index (χ3n) is 2.59. The van der Waals surface area contributed by atoms with Crippen LogP contribution in [-0.4, -0.2) is 10.1 Å². The summed E-state index contributed by atoms with van der Waals surface area (Å²) in [6.45, 7) is 0. The van der Waals surface area contributed by atoms with E-state index in [1.54, 1.807) is 18.3 Å². The maximum absolute atomic E-state index is 9.74. The number of nitrogen functional groups attached to an aromatic ring is 1. The highest BCUT2D eigenvalue weighted by Gasteiger charge is 2.20. The first-order valence-corrected chi connectivity index (χ1v) is 4.97. The van der Waals surface area contributed by atoms with Crippen LogP contribution in [0, 0.1) is 0 Å². The van der Waals surface area contributed by atoms with Gasteiger partial charge in [0.2, 0.25) is 0 Å². The second kappa shape index (κ2) is 3.13. The molecule has 16 heavy (non-hydrogen) atoms. The Hall–Kier alpha value is -2.23. The molecule has 3 N–H and O–H groups in total. The number of ether oxygens (including phenoxy) is 1. The summed E-state index contributed by atoms with van der Waals surface area (Å²) in [7, 11) is 0. The first-order valence-electron chi connectivity index (χ1n) is 4.97. The second-order valence-electron chi connectivity index (χ2n) is 3.76. The third kappa shape index (κ3) is 1.27. The Balaban J connectivity index is 2.15. The monoisotopic (exact) mass is 214 g/mol. The van der Waals surface area contributed by atoms with Gasteiger partial charge in [-0.3, -0.25) is 4.98 Å². The number of aromatic nitrogens is 1. The smallest absolute Gasteiger partial charge is 0.172 e. The van der Waals surface area contributed by atoms with Crippen molar-refractivity contribution in [3.8, 4) is 17.2 Å². The number of nitrogens with two attached hydrogens (primary N) is 1. The number of phenols is 1. The van der Waals surface area contributed by atoms with E-state index in [0.29, 0.717) is 23.6 Å². The minimum atomic E-state index is 0.0736. The first-order chi connectivity index (χ1) is 7.74. The van der Waals surface area contributed by atoms with E-state index in [1.807, 2.05) is 6.07 Å². The Morgan fingerprint density at radius 1 is 1.38 bits per heavy atom. The van der Waals surface area contributed by atoms with Crippen LogP contribution in [-0.2, 0) is 6.42 Å². The molecule has 1 aromatic heterocycles. The van der Waals surface area contributed by atoms with Gasteiger partial charge in [0.25, 0.3) is 0 Å². The minimum Gasteiger partial charge on any atom is -0.504 e. The van der Waals surface area contributed by atoms with Gasteiger partial charge in [-0.1, -0.05) is 0 Å². The van der Waals surface area contributed by atoms with Crippen LogP contribution in [0.2, 0.25) is 0 Å². The number of phenolic OH excluding ortho intramolecular Hbond substituents is 1. The number of pyridine rings is 1. The normalized spacial score (nSPS) is 12.5. The summed E-state index contributed by atoms with van der Waals surface area (Å²) in [5.74, 6) is 1.24. The predicted molar refractivity (Wildman–Crippen MR) is 59.6 cm³/mol. The van der Waals surface area contributed by atoms with Crippen molar-refractivity contribution in [2.75, 3.05) is 5.73 Å². The molecular weight excluding hydrogens is 204 g/mol. The lowest BCUT2D eigenvalue weighted by Crippen LogP contribution is -2.05. The average molecular weight is 214 g/mol. The lowest BCUT2D eigenvalue weighted by molar-refractivity contribution is 0.397. The minimum absolute atomic E-state index is 0.0736. The first kappa shape index (κ1) is 9.03. The van der Waals surface area contributed by atoms with Crippen LogP contribution in [0.15, 0.2) is 30.5 Å². The number of aromatic hydroxyl groups is 1. The van der Waals surface area contributed by atoms with Gasteiger partial charge in [0.1, 0.15) is 5.75 Å². The molecule has 3 rings (SSSR count). The molecule has 2 aromatic rings. The molecule has 0 spiro atoms. The Kier molecular flexibility index (Phi) is 1.77. The molecule has 0 radical (unpaired) electrons. The van der Waals surface area contributed by atoms with Crippen LogP contribution in [0.5, 0.6) is 17.2 Å². The summed E-state index contributed by atoms with van der Waals surface area (Å²) in [5.41, 5.74) is 7.92. The van der Waals surface area contributed by atoms with E-state index in [2.05, 4.69) is 4.98 Å². The molecule has 0 bridgehead atoms. The average Bonchev–Trinajstić information content (AvgIpc) is 2.27. The zero-order chi connectivity index (χ0) is 11.1. The number of rotatable bonds is 0. The van der Waals surface area contributed by atoms with E-state index >= 15 is 0 Å². The Morgan fingerprint density at radius 3 is 3.12 bits per heavy atom. The summed E-state index contributed by atoms with van der Waals surface area (Å²) < 4.78 is 5.60. The fourth-order valence-corrected chi connectivity index (χ4v) is 1.88. The summed E-state index contributed by atoms with van der Waals surface area (Å²) >= 11 is 0. The lowest BCUT2D eigenvalue weighted by atomic mass is 10.0. The molecule has 0 saturated carbocycles. The molecule has 80 valence electrons. The molecule has 0 fully saturated rings. The highest BCUT2D eigenvalue weighted by atomic mass is 16.5. The van der Waals surface area contributed by atoms with Crippen molar-refractivity contribution in [2.45, 2.75) is 6.42 Å². The summed E-state index contributed by atoms with van der Waals surface area (Å²) in [5, 5.41) is 9.74. The Labute approximate surface area is 92.3 Å². The van der Waals surface area contributed by atoms with Gasteiger partial charge in [-0.05, 0) is 18.2 Å². The van der Waals surface area contributed by atoms with Crippen molar-refractivity contribution in [1.29, 1.82) is 0 Å². The topological polar surface area (TPSA) is 68.4 Å². The SMILES string of the molecule is Nc1cc(O)c2c(c1)Cc1ncccc1O2. The molecule has 1 aliphatic rings. The fourth-order valence-electron chi connectivity index (χ4n) is 1.88. The van der Waals surface area contributed by atoms with Crippen molar-refractivity contribution in [3.05, 3.63) is 41.7 Å². The molecule has 0 saturated heterocycles. The molecule has 2 heterocycles. The van der Waals surface area contributed by atoms with Crippen LogP contribution in [0.3, 0.4) is 0 Å². The van der Waals surface area contributed by atoms with Gasteiger partial charge in [0.15, 0.2) is 11.5 Å². The van der Waals surface area contributed by atoms with E-state index in [-0.39, 0.29) is 5.75 Å². The molecular formula is C12H10N2O2. The van der Waals surface area contributed by atoms with Gasteiger partial charge in [-0.25, -0.2) is 0 Å². The number of nitrogens with zero attached hydrogens (tertiary/aromatic N) is 1. The van der Waals surface area contributed by atoms with Crippen LogP contribution in [0.25, 0.3) is 0 Å². The predicted octanol–water partition coefficient (Wildman–Crippen LogP) is 2.07. The molecule has 0 atom stereocenters. The van der Waals surface area contributed by atoms with Gasteiger partial charge in [-0.15, -0.1) is 0 Å². The third-order valence-corrected chi connectivity index (χ3v) is 2.59. The van der Waals surface area contributed by atoms with Crippen molar-refractivity contribution in [3.63, 3.8) is 0 Å². The van der Waals surface area contributed by atoms with Crippen LogP contribution < -0.4 is 10.5 Å². The van der Waals surface area contributed by atoms with Crippen molar-refractivity contribution < 1.29 is 9.84 Å². The molecule has 0 amide bonds. The highest BCUT2D eigenvalue weighted by molar-refractivity contribution is 5.60. The maximum atomic E-state index is 9.74. The Bertz CT molecular complexity index is 567. The van der Waals surface area contributed by atoms with Gasteiger partial charge >= 0.3 is 0 Å². The van der Waals surface area contributed by atoms with Crippen LogP contribution in [0.1, 0.15) is 11.3 Å². The van der Waals surface area contributed by atoms with Gasteiger partial charge in [0, 0.05) is 29.9 Å². The number of benzene rings is 1. The molecule has 4 heteroatoms. The van der Waals surface area contributed by atoms with E-state index < -0.39 is 0 Å². The summed E-state index contributed by atoms with van der Waals surface area (Å²) in [6.07, 6.45) is 2.35. The molecule has 0 unspecified atom stereocenters. The second-order valence-corrected chi connectivity index (χ2v) is 3.76. The van der Waals surface area contributed by atoms with Gasteiger partial charge < -0.3 is 15.6 Å². The summed E-state index contributed by atoms with van der Waals surface area (Å²) in [6, 6.07) is 6.92. The molecule has 4 nitrogen and oxygen atoms in total. The Morgan fingerprint density at radius 2 is 2.25 bits per heavy atom. The van der Waals surface area contributed by atoms with Crippen molar-refractivity contribution in [1.82, 2.24) is 4.98 Å². The van der Waals surface area contributed by atoms with Crippen molar-refractivity contribution >= 4 is 5.69 Å². The fraction of sp³-hybridized carbons (Fsp3) is 0.0833. The standard InChI is InChI=1S/C12H10N2O2/c13-8-4-7-5-9-11(2-1-3-14-9)16-12(7)10(15)6-8/h1-4,6,15H,5,13H2. The molecule has 1 aliphatic heterocycles. The number of hydrogen-bond donors (Lipinski definition) is 2. The molecule has 1 aromatic carbocycles. The zero-order valence-corrected chi connectivity index (χ0v) is 8.47. The number of anilines is 1. The highest BCUT2D eigenvalue weighted by Crippen LogP contribution is 2.42. The quantitative estimate of drug-likeness (QED) is 0.562. The van der Waals surface area contributed by atoms with E-state index in [0.717, 1.165) is 11.3 Å². The summed E-state index contributed by atoms with van der Waals surface area (Å²) in [4.78, 5) is 4.23. The van der Waals surface area contributed by atoms with E-state index in [1.165, 1.54) is 6.07 Å². The van der Waals surface area contributed by atoms with Crippen molar-refractivity contribution in [2.24, 2.45) is 0 Å². The number of hydrogen-bond acceptors (Lipinski definition) is 4. The molecule has 0 aliphatic carbocycles. The van der Waals surface area contributed by atoms with E-state index in [9.17, 15) is 5.11 Å². The van der Waals surface area contributed by atoms with Gasteiger partial charge in [0.05, 0.1) is 5.69 Å². The van der Waals surface area contributed by atoms with Crippen LogP contribution >= 0.6 is 0 Å². The number of fused-ring (bicyclic) bond motifs is 2. The largest absolute Gasteiger partial charge is 0.504 e. The maximum Gasteiger partial charge on any atom is 0.172 e. The van der Waals surface area contributed by atoms with Crippen LogP contribution in [0.4, 0.5) is 5.69 Å².